The SMILES string of the molecule is CCC(/C=C\CNC(=O)OC(C)(C)C)C(=O)O. The summed E-state index contributed by atoms with van der Waals surface area (Å²) in [5, 5.41) is 11.3. The minimum absolute atomic E-state index is 0.263. The normalized spacial score (nSPS) is 13.4. The number of aliphatic carboxylic acids is 1. The second kappa shape index (κ2) is 6.93. The van der Waals surface area contributed by atoms with Crippen LogP contribution in [0.1, 0.15) is 34.1 Å². The molecule has 1 amide bonds. The van der Waals surface area contributed by atoms with Gasteiger partial charge in [-0.3, -0.25) is 4.79 Å². The third kappa shape index (κ3) is 8.30. The molecule has 0 rings (SSSR count). The predicted molar refractivity (Wildman–Crippen MR) is 64.8 cm³/mol. The molecule has 0 radical (unpaired) electrons. The molecule has 0 aromatic rings. The molecular formula is C12H21NO4. The summed E-state index contributed by atoms with van der Waals surface area (Å²) in [7, 11) is 0. The minimum Gasteiger partial charge on any atom is -0.481 e. The van der Waals surface area contributed by atoms with Gasteiger partial charge in [-0.15, -0.1) is 0 Å². The van der Waals surface area contributed by atoms with E-state index in [2.05, 4.69) is 5.32 Å². The first kappa shape index (κ1) is 15.5. The monoisotopic (exact) mass is 243 g/mol. The van der Waals surface area contributed by atoms with Gasteiger partial charge < -0.3 is 15.2 Å². The van der Waals surface area contributed by atoms with Crippen LogP contribution in [0.3, 0.4) is 0 Å². The molecule has 0 saturated heterocycles. The summed E-state index contributed by atoms with van der Waals surface area (Å²) in [5.41, 5.74) is -0.527. The average molecular weight is 243 g/mol. The average Bonchev–Trinajstić information content (AvgIpc) is 2.14. The lowest BCUT2D eigenvalue weighted by molar-refractivity contribution is -0.140. The zero-order valence-electron chi connectivity index (χ0n) is 10.8. The third-order valence-corrected chi connectivity index (χ3v) is 1.89. The summed E-state index contributed by atoms with van der Waals surface area (Å²) in [5.74, 6) is -1.36. The van der Waals surface area contributed by atoms with Crippen LogP contribution in [0.25, 0.3) is 0 Å². The van der Waals surface area contributed by atoms with Crippen molar-refractivity contribution < 1.29 is 19.4 Å². The van der Waals surface area contributed by atoms with Crippen LogP contribution in [0.2, 0.25) is 0 Å². The van der Waals surface area contributed by atoms with Crippen LogP contribution in [0.5, 0.6) is 0 Å². The number of carboxylic acid groups (broad SMARTS) is 1. The molecule has 0 fully saturated rings. The number of rotatable bonds is 5. The topological polar surface area (TPSA) is 75.6 Å². The molecule has 0 aromatic heterocycles. The maximum atomic E-state index is 11.2. The maximum absolute atomic E-state index is 11.2. The number of hydrogen-bond donors (Lipinski definition) is 2. The fourth-order valence-electron chi connectivity index (χ4n) is 1.08. The number of alkyl carbamates (subject to hydrolysis) is 1. The van der Waals surface area contributed by atoms with Crippen LogP contribution in [0, 0.1) is 5.92 Å². The second-order valence-electron chi connectivity index (χ2n) is 4.66. The van der Waals surface area contributed by atoms with Crippen molar-refractivity contribution in [2.75, 3.05) is 6.54 Å². The van der Waals surface area contributed by atoms with Gasteiger partial charge in [-0.1, -0.05) is 19.1 Å². The number of nitrogens with one attached hydrogen (secondary N) is 1. The second-order valence-corrected chi connectivity index (χ2v) is 4.66. The van der Waals surface area contributed by atoms with Gasteiger partial charge in [0, 0.05) is 6.54 Å². The number of carbonyl (C=O) groups excluding carboxylic acids is 1. The van der Waals surface area contributed by atoms with E-state index in [0.717, 1.165) is 0 Å². The van der Waals surface area contributed by atoms with E-state index in [1.165, 1.54) is 0 Å². The van der Waals surface area contributed by atoms with Crippen molar-refractivity contribution >= 4 is 12.1 Å². The number of ether oxygens (including phenoxy) is 1. The van der Waals surface area contributed by atoms with E-state index in [1.54, 1.807) is 39.8 Å². The fourth-order valence-corrected chi connectivity index (χ4v) is 1.08. The summed E-state index contributed by atoms with van der Waals surface area (Å²) in [6.45, 7) is 7.39. The van der Waals surface area contributed by atoms with Gasteiger partial charge in [-0.05, 0) is 27.2 Å². The first-order chi connectivity index (χ1) is 7.76. The van der Waals surface area contributed by atoms with Crippen molar-refractivity contribution in [2.24, 2.45) is 5.92 Å². The molecule has 0 aliphatic rings. The Kier molecular flexibility index (Phi) is 6.31. The van der Waals surface area contributed by atoms with E-state index in [4.69, 9.17) is 9.84 Å². The van der Waals surface area contributed by atoms with Crippen molar-refractivity contribution in [3.63, 3.8) is 0 Å². The van der Waals surface area contributed by atoms with Crippen LogP contribution in [0.15, 0.2) is 12.2 Å². The standard InChI is InChI=1S/C12H21NO4/c1-5-9(10(14)15)7-6-8-13-11(16)17-12(2,3)4/h6-7,9H,5,8H2,1-4H3,(H,13,16)(H,14,15)/b7-6-. The number of hydrogen-bond acceptors (Lipinski definition) is 3. The van der Waals surface area contributed by atoms with Gasteiger partial charge in [0.25, 0.3) is 0 Å². The zero-order valence-corrected chi connectivity index (χ0v) is 10.8. The molecule has 0 aliphatic carbocycles. The molecule has 17 heavy (non-hydrogen) atoms. The van der Waals surface area contributed by atoms with E-state index in [0.29, 0.717) is 6.42 Å². The number of carbonyl (C=O) groups is 2. The van der Waals surface area contributed by atoms with Gasteiger partial charge in [0.15, 0.2) is 0 Å². The Morgan fingerprint density at radius 2 is 2.00 bits per heavy atom. The highest BCUT2D eigenvalue weighted by Gasteiger charge is 2.15. The molecular weight excluding hydrogens is 222 g/mol. The summed E-state index contributed by atoms with van der Waals surface area (Å²) in [6.07, 6.45) is 3.20. The van der Waals surface area contributed by atoms with Crippen LogP contribution < -0.4 is 5.32 Å². The van der Waals surface area contributed by atoms with Gasteiger partial charge in [0.2, 0.25) is 0 Å². The van der Waals surface area contributed by atoms with Crippen LogP contribution in [-0.2, 0) is 9.53 Å². The van der Waals surface area contributed by atoms with Crippen molar-refractivity contribution in [1.29, 1.82) is 0 Å². The third-order valence-electron chi connectivity index (χ3n) is 1.89. The van der Waals surface area contributed by atoms with E-state index in [-0.39, 0.29) is 6.54 Å². The zero-order chi connectivity index (χ0) is 13.5. The molecule has 0 bridgehead atoms. The molecule has 5 heteroatoms. The van der Waals surface area contributed by atoms with Crippen molar-refractivity contribution in [3.8, 4) is 0 Å². The molecule has 98 valence electrons. The quantitative estimate of drug-likeness (QED) is 0.726. The summed E-state index contributed by atoms with van der Waals surface area (Å²) >= 11 is 0. The molecule has 1 atom stereocenters. The highest BCUT2D eigenvalue weighted by molar-refractivity contribution is 5.72. The molecule has 0 heterocycles. The molecule has 2 N–H and O–H groups in total. The number of amides is 1. The van der Waals surface area contributed by atoms with E-state index >= 15 is 0 Å². The molecule has 0 aromatic carbocycles. The van der Waals surface area contributed by atoms with Gasteiger partial charge >= 0.3 is 12.1 Å². The Bertz CT molecular complexity index is 291. The lowest BCUT2D eigenvalue weighted by atomic mass is 10.1. The summed E-state index contributed by atoms with van der Waals surface area (Å²) < 4.78 is 5.02. The molecule has 0 spiro atoms. The first-order valence-electron chi connectivity index (χ1n) is 5.62. The predicted octanol–water partition coefficient (Wildman–Crippen LogP) is 2.18. The van der Waals surface area contributed by atoms with Crippen LogP contribution in [0.4, 0.5) is 4.79 Å². The van der Waals surface area contributed by atoms with E-state index < -0.39 is 23.6 Å². The largest absolute Gasteiger partial charge is 0.481 e. The fraction of sp³-hybridized carbons (Fsp3) is 0.667. The lowest BCUT2D eigenvalue weighted by Gasteiger charge is -2.19. The molecule has 5 nitrogen and oxygen atoms in total. The van der Waals surface area contributed by atoms with E-state index in [1.807, 2.05) is 0 Å². The summed E-state index contributed by atoms with van der Waals surface area (Å²) in [6, 6.07) is 0. The van der Waals surface area contributed by atoms with Crippen molar-refractivity contribution in [3.05, 3.63) is 12.2 Å². The van der Waals surface area contributed by atoms with Gasteiger partial charge in [0.1, 0.15) is 5.60 Å². The van der Waals surface area contributed by atoms with Crippen molar-refractivity contribution in [1.82, 2.24) is 5.32 Å². The van der Waals surface area contributed by atoms with E-state index in [9.17, 15) is 9.59 Å². The van der Waals surface area contributed by atoms with Crippen LogP contribution in [-0.4, -0.2) is 29.3 Å². The van der Waals surface area contributed by atoms with Crippen molar-refractivity contribution in [2.45, 2.75) is 39.7 Å². The highest BCUT2D eigenvalue weighted by atomic mass is 16.6. The van der Waals surface area contributed by atoms with Gasteiger partial charge in [-0.25, -0.2) is 4.79 Å². The Morgan fingerprint density at radius 3 is 2.41 bits per heavy atom. The van der Waals surface area contributed by atoms with Gasteiger partial charge in [-0.2, -0.15) is 0 Å². The summed E-state index contributed by atoms with van der Waals surface area (Å²) in [4.78, 5) is 21.9. The molecule has 1 unspecified atom stereocenters. The van der Waals surface area contributed by atoms with Gasteiger partial charge in [0.05, 0.1) is 5.92 Å². The Labute approximate surface area is 102 Å². The maximum Gasteiger partial charge on any atom is 0.407 e. The molecule has 0 aliphatic heterocycles. The number of carboxylic acids is 1. The minimum atomic E-state index is -0.860. The smallest absolute Gasteiger partial charge is 0.407 e. The van der Waals surface area contributed by atoms with Crippen LogP contribution >= 0.6 is 0 Å². The molecule has 0 saturated carbocycles. The Morgan fingerprint density at radius 1 is 1.41 bits per heavy atom. The highest BCUT2D eigenvalue weighted by Crippen LogP contribution is 2.06. The Hall–Kier alpha value is -1.52. The first-order valence-corrected chi connectivity index (χ1v) is 5.62. The lowest BCUT2D eigenvalue weighted by Crippen LogP contribution is -2.32. The Balaban J connectivity index is 3.95.